The monoisotopic (exact) mass is 447 g/mol. The normalized spacial score (nSPS) is 15.4. The van der Waals surface area contributed by atoms with E-state index in [2.05, 4.69) is 5.32 Å². The Kier molecular flexibility index (Phi) is 5.63. The molecule has 0 spiro atoms. The molecule has 2 heterocycles. The van der Waals surface area contributed by atoms with Crippen molar-refractivity contribution in [1.82, 2.24) is 9.88 Å². The van der Waals surface area contributed by atoms with E-state index in [0.29, 0.717) is 11.3 Å². The molecule has 0 atom stereocenters. The molecule has 1 aliphatic rings. The summed E-state index contributed by atoms with van der Waals surface area (Å²) < 4.78 is 6.51. The van der Waals surface area contributed by atoms with Crippen LogP contribution in [0.3, 0.4) is 0 Å². The van der Waals surface area contributed by atoms with E-state index in [-0.39, 0.29) is 17.2 Å². The van der Waals surface area contributed by atoms with E-state index >= 15 is 0 Å². The minimum absolute atomic E-state index is 0.0129. The molecule has 1 N–H and O–H groups in total. The molecule has 1 saturated heterocycles. The van der Waals surface area contributed by atoms with E-state index in [1.807, 2.05) is 56.3 Å². The standard InChI is InChI=1S/C24H21N3O4S/c1-14-8-9-15(2)20(10-14)27-23(30)18(22(29)25-24(27)32)11-16-12-26(13-21(28)31-3)19-7-5-4-6-17(16)19/h4-12H,13H2,1-3H3,(H,25,29,32)/b18-11+. The Balaban J connectivity index is 1.81. The molecule has 3 aromatic rings. The molecule has 162 valence electrons. The summed E-state index contributed by atoms with van der Waals surface area (Å²) in [5.74, 6) is -1.47. The first-order chi connectivity index (χ1) is 15.3. The number of aromatic nitrogens is 1. The van der Waals surface area contributed by atoms with Crippen molar-refractivity contribution in [2.75, 3.05) is 12.0 Å². The average molecular weight is 448 g/mol. The summed E-state index contributed by atoms with van der Waals surface area (Å²) >= 11 is 5.32. The molecule has 2 amide bonds. The first kappa shape index (κ1) is 21.5. The van der Waals surface area contributed by atoms with Crippen molar-refractivity contribution in [1.29, 1.82) is 0 Å². The molecule has 0 saturated carbocycles. The third kappa shape index (κ3) is 3.80. The van der Waals surface area contributed by atoms with Crippen LogP contribution in [0.2, 0.25) is 0 Å². The Bertz CT molecular complexity index is 1320. The molecule has 1 aromatic heterocycles. The molecule has 1 aliphatic heterocycles. The number of anilines is 1. The number of rotatable bonds is 4. The highest BCUT2D eigenvalue weighted by Crippen LogP contribution is 2.28. The summed E-state index contributed by atoms with van der Waals surface area (Å²) in [6.07, 6.45) is 3.26. The van der Waals surface area contributed by atoms with Gasteiger partial charge in [-0.1, -0.05) is 30.3 Å². The van der Waals surface area contributed by atoms with E-state index in [0.717, 1.165) is 22.0 Å². The van der Waals surface area contributed by atoms with Gasteiger partial charge in [0.2, 0.25) is 0 Å². The number of carbonyl (C=O) groups is 3. The first-order valence-corrected chi connectivity index (χ1v) is 10.3. The molecule has 2 aromatic carbocycles. The highest BCUT2D eigenvalue weighted by Gasteiger charge is 2.35. The maximum Gasteiger partial charge on any atom is 0.325 e. The van der Waals surface area contributed by atoms with E-state index in [4.69, 9.17) is 17.0 Å². The van der Waals surface area contributed by atoms with Gasteiger partial charge < -0.3 is 9.30 Å². The van der Waals surface area contributed by atoms with Crippen molar-refractivity contribution < 1.29 is 19.1 Å². The zero-order valence-corrected chi connectivity index (χ0v) is 18.7. The number of para-hydroxylation sites is 1. The number of esters is 1. The van der Waals surface area contributed by atoms with Gasteiger partial charge in [-0.05, 0) is 55.4 Å². The number of nitrogens with one attached hydrogen (secondary N) is 1. The van der Waals surface area contributed by atoms with Crippen LogP contribution in [0.5, 0.6) is 0 Å². The Labute approximate surface area is 190 Å². The fourth-order valence-corrected chi connectivity index (χ4v) is 3.99. The van der Waals surface area contributed by atoms with Gasteiger partial charge in [-0.3, -0.25) is 24.6 Å². The van der Waals surface area contributed by atoms with Crippen molar-refractivity contribution in [2.24, 2.45) is 0 Å². The zero-order valence-electron chi connectivity index (χ0n) is 17.8. The summed E-state index contributed by atoms with van der Waals surface area (Å²) in [6, 6.07) is 13.1. The fraction of sp³-hybridized carbons (Fsp3) is 0.167. The Hall–Kier alpha value is -3.78. The molecular weight excluding hydrogens is 426 g/mol. The molecule has 8 heteroatoms. The van der Waals surface area contributed by atoms with Crippen LogP contribution in [-0.4, -0.2) is 34.6 Å². The summed E-state index contributed by atoms with van der Waals surface area (Å²) in [4.78, 5) is 39.3. The van der Waals surface area contributed by atoms with E-state index in [1.165, 1.54) is 18.1 Å². The molecule has 0 bridgehead atoms. The lowest BCUT2D eigenvalue weighted by molar-refractivity contribution is -0.141. The lowest BCUT2D eigenvalue weighted by Crippen LogP contribution is -2.54. The number of aryl methyl sites for hydroxylation is 2. The number of benzene rings is 2. The summed E-state index contributed by atoms with van der Waals surface area (Å²) in [7, 11) is 1.33. The molecule has 7 nitrogen and oxygen atoms in total. The van der Waals surface area contributed by atoms with Crippen molar-refractivity contribution >= 4 is 57.8 Å². The molecule has 0 radical (unpaired) electrons. The van der Waals surface area contributed by atoms with E-state index < -0.39 is 17.8 Å². The average Bonchev–Trinajstić information content (AvgIpc) is 3.10. The Morgan fingerprint density at radius 3 is 2.66 bits per heavy atom. The summed E-state index contributed by atoms with van der Waals surface area (Å²) in [5.41, 5.74) is 3.83. The molecule has 1 fully saturated rings. The van der Waals surface area contributed by atoms with Gasteiger partial charge in [-0.25, -0.2) is 0 Å². The van der Waals surface area contributed by atoms with Crippen molar-refractivity contribution in [2.45, 2.75) is 20.4 Å². The highest BCUT2D eigenvalue weighted by atomic mass is 32.1. The predicted octanol–water partition coefficient (Wildman–Crippen LogP) is 3.26. The van der Waals surface area contributed by atoms with E-state index in [9.17, 15) is 14.4 Å². The number of thiocarbonyl (C=S) groups is 1. The van der Waals surface area contributed by atoms with Crippen molar-refractivity contribution in [3.05, 3.63) is 70.9 Å². The lowest BCUT2D eigenvalue weighted by atomic mass is 10.0. The SMILES string of the molecule is COC(=O)Cn1cc(/C=C2\C(=O)NC(=S)N(c3cc(C)ccc3C)C2=O)c2ccccc21. The van der Waals surface area contributed by atoms with Gasteiger partial charge in [-0.15, -0.1) is 0 Å². The van der Waals surface area contributed by atoms with Crippen LogP contribution in [0.1, 0.15) is 16.7 Å². The number of ether oxygens (including phenoxy) is 1. The number of hydrogen-bond acceptors (Lipinski definition) is 5. The molecule has 0 unspecified atom stereocenters. The predicted molar refractivity (Wildman–Crippen MR) is 126 cm³/mol. The van der Waals surface area contributed by atoms with Crippen molar-refractivity contribution in [3.8, 4) is 0 Å². The van der Waals surface area contributed by atoms with Gasteiger partial charge in [0.05, 0.1) is 12.8 Å². The fourth-order valence-electron chi connectivity index (χ4n) is 3.72. The van der Waals surface area contributed by atoms with Crippen LogP contribution in [0, 0.1) is 13.8 Å². The maximum absolute atomic E-state index is 13.4. The van der Waals surface area contributed by atoms with Crippen LogP contribution in [-0.2, 0) is 25.7 Å². The Morgan fingerprint density at radius 2 is 1.91 bits per heavy atom. The van der Waals surface area contributed by atoms with Crippen LogP contribution < -0.4 is 10.2 Å². The maximum atomic E-state index is 13.4. The second-order valence-electron chi connectivity index (χ2n) is 7.55. The number of fused-ring (bicyclic) bond motifs is 1. The molecule has 4 rings (SSSR count). The minimum Gasteiger partial charge on any atom is -0.468 e. The van der Waals surface area contributed by atoms with E-state index in [1.54, 1.807) is 10.8 Å². The summed E-state index contributed by atoms with van der Waals surface area (Å²) in [6.45, 7) is 3.82. The largest absolute Gasteiger partial charge is 0.468 e. The van der Waals surface area contributed by atoms with Gasteiger partial charge in [0.25, 0.3) is 11.8 Å². The zero-order chi connectivity index (χ0) is 23.0. The quantitative estimate of drug-likeness (QED) is 0.287. The number of methoxy groups -OCH3 is 1. The Morgan fingerprint density at radius 1 is 1.16 bits per heavy atom. The van der Waals surface area contributed by atoms with Crippen LogP contribution in [0.4, 0.5) is 5.69 Å². The second kappa shape index (κ2) is 8.39. The van der Waals surface area contributed by atoms with Crippen LogP contribution in [0.15, 0.2) is 54.2 Å². The van der Waals surface area contributed by atoms with Gasteiger partial charge in [0.15, 0.2) is 5.11 Å². The molecule has 0 aliphatic carbocycles. The van der Waals surface area contributed by atoms with Gasteiger partial charge >= 0.3 is 5.97 Å². The molecular formula is C24H21N3O4S. The number of amides is 2. The third-order valence-electron chi connectivity index (χ3n) is 5.35. The number of hydrogen-bond donors (Lipinski definition) is 1. The van der Waals surface area contributed by atoms with Gasteiger partial charge in [0.1, 0.15) is 12.1 Å². The topological polar surface area (TPSA) is 80.6 Å². The molecule has 32 heavy (non-hydrogen) atoms. The first-order valence-electron chi connectivity index (χ1n) is 9.93. The highest BCUT2D eigenvalue weighted by molar-refractivity contribution is 7.80. The lowest BCUT2D eigenvalue weighted by Gasteiger charge is -2.30. The van der Waals surface area contributed by atoms with Crippen LogP contribution in [0.25, 0.3) is 17.0 Å². The number of nitrogens with zero attached hydrogens (tertiary/aromatic N) is 2. The van der Waals surface area contributed by atoms with Gasteiger partial charge in [-0.2, -0.15) is 0 Å². The number of carbonyl (C=O) groups excluding carboxylic acids is 3. The van der Waals surface area contributed by atoms with Gasteiger partial charge in [0, 0.05) is 22.7 Å². The summed E-state index contributed by atoms with van der Waals surface area (Å²) in [5, 5.41) is 3.46. The second-order valence-corrected chi connectivity index (χ2v) is 7.94. The minimum atomic E-state index is -0.564. The third-order valence-corrected chi connectivity index (χ3v) is 5.64. The van der Waals surface area contributed by atoms with Crippen molar-refractivity contribution in [3.63, 3.8) is 0 Å². The smallest absolute Gasteiger partial charge is 0.325 e. The van der Waals surface area contributed by atoms with Crippen LogP contribution >= 0.6 is 12.2 Å².